The molecule has 130 valence electrons. The number of thioether (sulfide) groups is 1. The van der Waals surface area contributed by atoms with Crippen LogP contribution in [0.15, 0.2) is 45.6 Å². The molecule has 1 heterocycles. The topological polar surface area (TPSA) is 96.4 Å². The summed E-state index contributed by atoms with van der Waals surface area (Å²) >= 11 is 3.01. The number of thiazole rings is 1. The zero-order valence-electron chi connectivity index (χ0n) is 13.3. The SMILES string of the molecule is CSc1nc2ccc(NS(=O)(=O)c3cc(C(=O)O)ccc3C)cc2s1. The maximum atomic E-state index is 12.7. The summed E-state index contributed by atoms with van der Waals surface area (Å²) < 4.78 is 29.6. The molecule has 0 atom stereocenters. The van der Waals surface area contributed by atoms with Gasteiger partial charge in [0, 0.05) is 0 Å². The molecule has 0 aliphatic carbocycles. The van der Waals surface area contributed by atoms with Gasteiger partial charge in [-0.3, -0.25) is 4.72 Å². The first-order chi connectivity index (χ1) is 11.8. The molecule has 0 saturated carbocycles. The minimum atomic E-state index is -3.90. The Labute approximate surface area is 153 Å². The number of nitrogens with one attached hydrogen (secondary N) is 1. The fraction of sp³-hybridized carbons (Fsp3) is 0.125. The fourth-order valence-electron chi connectivity index (χ4n) is 2.29. The van der Waals surface area contributed by atoms with Gasteiger partial charge in [0.15, 0.2) is 4.34 Å². The number of aromatic carboxylic acids is 1. The van der Waals surface area contributed by atoms with Crippen LogP contribution >= 0.6 is 23.1 Å². The van der Waals surface area contributed by atoms with Gasteiger partial charge in [-0.05, 0) is 49.1 Å². The first-order valence-corrected chi connectivity index (χ1v) is 10.6. The third kappa shape index (κ3) is 3.63. The van der Waals surface area contributed by atoms with Gasteiger partial charge in [-0.25, -0.2) is 18.2 Å². The van der Waals surface area contributed by atoms with Crippen LogP contribution in [0.3, 0.4) is 0 Å². The van der Waals surface area contributed by atoms with Crippen LogP contribution in [0, 0.1) is 6.92 Å². The summed E-state index contributed by atoms with van der Waals surface area (Å²) in [6.07, 6.45) is 1.93. The highest BCUT2D eigenvalue weighted by atomic mass is 32.2. The Morgan fingerprint density at radius 1 is 1.24 bits per heavy atom. The molecule has 0 bridgehead atoms. The molecule has 2 N–H and O–H groups in total. The van der Waals surface area contributed by atoms with Crippen molar-refractivity contribution in [2.75, 3.05) is 11.0 Å². The molecule has 0 unspecified atom stereocenters. The third-order valence-corrected chi connectivity index (χ3v) is 7.05. The minimum absolute atomic E-state index is 0.0541. The van der Waals surface area contributed by atoms with Gasteiger partial charge in [0.2, 0.25) is 0 Å². The number of fused-ring (bicyclic) bond motifs is 1. The zero-order valence-corrected chi connectivity index (χ0v) is 15.8. The molecule has 1 aromatic heterocycles. The number of aryl methyl sites for hydroxylation is 1. The molecule has 0 radical (unpaired) electrons. The lowest BCUT2D eigenvalue weighted by atomic mass is 10.1. The summed E-state index contributed by atoms with van der Waals surface area (Å²) in [6, 6.07) is 9.14. The average molecular weight is 394 g/mol. The van der Waals surface area contributed by atoms with Gasteiger partial charge in [0.05, 0.1) is 26.4 Å². The second-order valence-corrected chi connectivity index (χ2v) is 8.99. The number of aromatic nitrogens is 1. The maximum absolute atomic E-state index is 12.7. The van der Waals surface area contributed by atoms with Crippen LogP contribution in [-0.4, -0.2) is 30.7 Å². The van der Waals surface area contributed by atoms with E-state index in [1.165, 1.54) is 35.2 Å². The molecule has 6 nitrogen and oxygen atoms in total. The van der Waals surface area contributed by atoms with Crippen LogP contribution in [0.5, 0.6) is 0 Å². The zero-order chi connectivity index (χ0) is 18.2. The lowest BCUT2D eigenvalue weighted by Crippen LogP contribution is -2.15. The van der Waals surface area contributed by atoms with Crippen molar-refractivity contribution in [3.8, 4) is 0 Å². The molecule has 3 aromatic rings. The molecular formula is C16H14N2O4S3. The molecule has 3 rings (SSSR count). The second kappa shape index (κ2) is 6.66. The number of rotatable bonds is 5. The highest BCUT2D eigenvalue weighted by Crippen LogP contribution is 2.31. The highest BCUT2D eigenvalue weighted by molar-refractivity contribution is 8.00. The van der Waals surface area contributed by atoms with Gasteiger partial charge in [0.25, 0.3) is 10.0 Å². The van der Waals surface area contributed by atoms with Crippen molar-refractivity contribution in [1.29, 1.82) is 0 Å². The number of nitrogens with zero attached hydrogens (tertiary/aromatic N) is 1. The molecule has 0 aliphatic rings. The molecule has 0 fully saturated rings. The Hall–Kier alpha value is -2.10. The molecule has 25 heavy (non-hydrogen) atoms. The Bertz CT molecular complexity index is 1070. The van der Waals surface area contributed by atoms with E-state index in [0.29, 0.717) is 11.3 Å². The Balaban J connectivity index is 1.99. The monoisotopic (exact) mass is 394 g/mol. The molecule has 0 aliphatic heterocycles. The van der Waals surface area contributed by atoms with Crippen molar-refractivity contribution in [2.24, 2.45) is 0 Å². The molecule has 0 saturated heterocycles. The molecule has 2 aromatic carbocycles. The van der Waals surface area contributed by atoms with Gasteiger partial charge in [-0.15, -0.1) is 11.3 Å². The smallest absolute Gasteiger partial charge is 0.335 e. The van der Waals surface area contributed by atoms with Gasteiger partial charge >= 0.3 is 5.97 Å². The molecule has 0 amide bonds. The number of carboxylic acid groups (broad SMARTS) is 1. The quantitative estimate of drug-likeness (QED) is 0.639. The molecular weight excluding hydrogens is 380 g/mol. The maximum Gasteiger partial charge on any atom is 0.335 e. The average Bonchev–Trinajstić information content (AvgIpc) is 2.96. The van der Waals surface area contributed by atoms with Gasteiger partial charge in [0.1, 0.15) is 0 Å². The van der Waals surface area contributed by atoms with E-state index in [9.17, 15) is 13.2 Å². The van der Waals surface area contributed by atoms with E-state index < -0.39 is 16.0 Å². The predicted molar refractivity (Wildman–Crippen MR) is 100 cm³/mol. The molecule has 0 spiro atoms. The van der Waals surface area contributed by atoms with Crippen molar-refractivity contribution in [3.63, 3.8) is 0 Å². The van der Waals surface area contributed by atoms with Gasteiger partial charge in [-0.2, -0.15) is 0 Å². The number of hydrogen-bond acceptors (Lipinski definition) is 6. The van der Waals surface area contributed by atoms with Crippen LogP contribution in [0.25, 0.3) is 10.2 Å². The van der Waals surface area contributed by atoms with E-state index in [-0.39, 0.29) is 10.5 Å². The lowest BCUT2D eigenvalue weighted by Gasteiger charge is -2.11. The number of carbonyl (C=O) groups is 1. The lowest BCUT2D eigenvalue weighted by molar-refractivity contribution is 0.0696. The largest absolute Gasteiger partial charge is 0.478 e. The van der Waals surface area contributed by atoms with E-state index in [1.807, 2.05) is 6.26 Å². The summed E-state index contributed by atoms with van der Waals surface area (Å²) in [7, 11) is -3.90. The Kier molecular flexibility index (Phi) is 4.72. The van der Waals surface area contributed by atoms with Crippen molar-refractivity contribution in [3.05, 3.63) is 47.5 Å². The van der Waals surface area contributed by atoms with Crippen LogP contribution in [-0.2, 0) is 10.0 Å². The number of hydrogen-bond donors (Lipinski definition) is 2. The number of sulfonamides is 1. The predicted octanol–water partition coefficient (Wildman–Crippen LogP) is 3.83. The third-order valence-electron chi connectivity index (χ3n) is 3.52. The van der Waals surface area contributed by atoms with Crippen LogP contribution in [0.1, 0.15) is 15.9 Å². The summed E-state index contributed by atoms with van der Waals surface area (Å²) in [5, 5.41) is 9.08. The highest BCUT2D eigenvalue weighted by Gasteiger charge is 2.19. The first-order valence-electron chi connectivity index (χ1n) is 7.11. The van der Waals surface area contributed by atoms with Crippen molar-refractivity contribution >= 4 is 55.0 Å². The van der Waals surface area contributed by atoms with Gasteiger partial charge in [-0.1, -0.05) is 17.8 Å². The van der Waals surface area contributed by atoms with E-state index >= 15 is 0 Å². The van der Waals surface area contributed by atoms with Crippen LogP contribution in [0.2, 0.25) is 0 Å². The van der Waals surface area contributed by atoms with E-state index in [1.54, 1.807) is 25.1 Å². The standard InChI is InChI=1S/C16H14N2O4S3/c1-9-3-4-10(15(19)20)7-14(9)25(21,22)18-11-5-6-12-13(8-11)24-16(17-12)23-2/h3-8,18H,1-2H3,(H,19,20). The summed E-state index contributed by atoms with van der Waals surface area (Å²) in [5.74, 6) is -1.17. The number of anilines is 1. The van der Waals surface area contributed by atoms with Crippen LogP contribution < -0.4 is 4.72 Å². The van der Waals surface area contributed by atoms with Crippen LogP contribution in [0.4, 0.5) is 5.69 Å². The van der Waals surface area contributed by atoms with Crippen molar-refractivity contribution in [1.82, 2.24) is 4.98 Å². The van der Waals surface area contributed by atoms with Crippen molar-refractivity contribution in [2.45, 2.75) is 16.2 Å². The summed E-state index contributed by atoms with van der Waals surface area (Å²) in [4.78, 5) is 15.5. The van der Waals surface area contributed by atoms with Gasteiger partial charge < -0.3 is 5.11 Å². The second-order valence-electron chi connectivity index (χ2n) is 5.26. The van der Waals surface area contributed by atoms with E-state index in [0.717, 1.165) is 20.6 Å². The number of carboxylic acids is 1. The number of benzene rings is 2. The minimum Gasteiger partial charge on any atom is -0.478 e. The summed E-state index contributed by atoms with van der Waals surface area (Å²) in [5.41, 5.74) is 1.61. The Morgan fingerprint density at radius 3 is 2.68 bits per heavy atom. The summed E-state index contributed by atoms with van der Waals surface area (Å²) in [6.45, 7) is 1.62. The van der Waals surface area contributed by atoms with Crippen molar-refractivity contribution < 1.29 is 18.3 Å². The molecule has 9 heteroatoms. The fourth-order valence-corrected chi connectivity index (χ4v) is 5.14. The Morgan fingerprint density at radius 2 is 2.00 bits per heavy atom. The normalized spacial score (nSPS) is 11.6. The van der Waals surface area contributed by atoms with E-state index in [2.05, 4.69) is 9.71 Å². The van der Waals surface area contributed by atoms with E-state index in [4.69, 9.17) is 5.11 Å². The first kappa shape index (κ1) is 17.7.